The van der Waals surface area contributed by atoms with Gasteiger partial charge in [0, 0.05) is 19.6 Å². The van der Waals surface area contributed by atoms with E-state index in [-0.39, 0.29) is 5.91 Å². The number of β-amino-alcohol motifs (C(OH)–C–C–N with tert-alkyl or cyclic N) is 1. The van der Waals surface area contributed by atoms with E-state index in [1.807, 2.05) is 31.2 Å². The van der Waals surface area contributed by atoms with Crippen LogP contribution < -0.4 is 11.5 Å². The summed E-state index contributed by atoms with van der Waals surface area (Å²) in [5.41, 5.74) is 12.4. The highest BCUT2D eigenvalue weighted by molar-refractivity contribution is 5.81. The Morgan fingerprint density at radius 1 is 1.45 bits per heavy atom. The molecule has 1 fully saturated rings. The molecule has 5 N–H and O–H groups in total. The van der Waals surface area contributed by atoms with Crippen LogP contribution in [0, 0.1) is 5.41 Å². The first-order valence-electron chi connectivity index (χ1n) is 6.94. The molecule has 1 aromatic rings. The number of nitrogens with two attached hydrogens (primary N) is 2. The Hall–Kier alpha value is -1.43. The molecular formula is C15H23N3O2. The van der Waals surface area contributed by atoms with Crippen LogP contribution in [0.3, 0.4) is 0 Å². The standard InChI is InChI=1S/C15H23N3O2/c1-15(14(17)20)6-7-18(10-15)9-13(19)12-4-2-11(8-16)3-5-12/h2-5,13,19H,6-10,16H2,1H3,(H2,17,20). The number of rotatable bonds is 5. The largest absolute Gasteiger partial charge is 0.387 e. The Labute approximate surface area is 119 Å². The number of benzene rings is 1. The highest BCUT2D eigenvalue weighted by atomic mass is 16.3. The molecule has 2 atom stereocenters. The zero-order valence-corrected chi connectivity index (χ0v) is 11.9. The fraction of sp³-hybridized carbons (Fsp3) is 0.533. The van der Waals surface area contributed by atoms with Crippen molar-refractivity contribution in [3.8, 4) is 0 Å². The summed E-state index contributed by atoms with van der Waals surface area (Å²) in [5, 5.41) is 10.3. The van der Waals surface area contributed by atoms with Gasteiger partial charge in [-0.25, -0.2) is 0 Å². The van der Waals surface area contributed by atoms with Crippen LogP contribution in [0.2, 0.25) is 0 Å². The second-order valence-electron chi connectivity index (χ2n) is 5.87. The van der Waals surface area contributed by atoms with Crippen molar-refractivity contribution in [2.24, 2.45) is 16.9 Å². The van der Waals surface area contributed by atoms with Crippen LogP contribution in [0.25, 0.3) is 0 Å². The van der Waals surface area contributed by atoms with Crippen molar-refractivity contribution in [2.45, 2.75) is 26.0 Å². The van der Waals surface area contributed by atoms with Crippen LogP contribution >= 0.6 is 0 Å². The van der Waals surface area contributed by atoms with E-state index in [4.69, 9.17) is 11.5 Å². The van der Waals surface area contributed by atoms with E-state index in [1.54, 1.807) is 0 Å². The fourth-order valence-electron chi connectivity index (χ4n) is 2.64. The van der Waals surface area contributed by atoms with Gasteiger partial charge in [-0.05, 0) is 31.0 Å². The number of aliphatic hydroxyl groups is 1. The van der Waals surface area contributed by atoms with E-state index in [2.05, 4.69) is 4.90 Å². The Kier molecular flexibility index (Phi) is 4.42. The first-order chi connectivity index (χ1) is 9.44. The third kappa shape index (κ3) is 3.17. The Morgan fingerprint density at radius 3 is 2.60 bits per heavy atom. The lowest BCUT2D eigenvalue weighted by molar-refractivity contribution is -0.126. The third-order valence-electron chi connectivity index (χ3n) is 4.18. The van der Waals surface area contributed by atoms with Gasteiger partial charge >= 0.3 is 0 Å². The Bertz CT molecular complexity index is 475. The van der Waals surface area contributed by atoms with Gasteiger partial charge in [0.05, 0.1) is 11.5 Å². The predicted octanol–water partition coefficient (Wildman–Crippen LogP) is 0.376. The molecule has 110 valence electrons. The maximum absolute atomic E-state index is 11.4. The van der Waals surface area contributed by atoms with Crippen molar-refractivity contribution >= 4 is 5.91 Å². The lowest BCUT2D eigenvalue weighted by Crippen LogP contribution is -2.37. The minimum absolute atomic E-state index is 0.262. The molecule has 1 aliphatic rings. The van der Waals surface area contributed by atoms with Crippen LogP contribution in [-0.2, 0) is 11.3 Å². The first kappa shape index (κ1) is 15.0. The molecule has 2 unspecified atom stereocenters. The van der Waals surface area contributed by atoms with Crippen molar-refractivity contribution < 1.29 is 9.90 Å². The van der Waals surface area contributed by atoms with Gasteiger partial charge in [0.2, 0.25) is 5.91 Å². The number of carbonyl (C=O) groups excluding carboxylic acids is 1. The zero-order chi connectivity index (χ0) is 14.8. The van der Waals surface area contributed by atoms with Crippen molar-refractivity contribution in [1.82, 2.24) is 4.90 Å². The minimum Gasteiger partial charge on any atom is -0.387 e. The molecule has 5 heteroatoms. The van der Waals surface area contributed by atoms with E-state index in [0.29, 0.717) is 19.6 Å². The van der Waals surface area contributed by atoms with Gasteiger partial charge in [-0.1, -0.05) is 24.3 Å². The lowest BCUT2D eigenvalue weighted by Gasteiger charge is -2.23. The molecule has 0 spiro atoms. The van der Waals surface area contributed by atoms with Gasteiger partial charge in [-0.15, -0.1) is 0 Å². The van der Waals surface area contributed by atoms with Crippen molar-refractivity contribution in [1.29, 1.82) is 0 Å². The first-order valence-corrected chi connectivity index (χ1v) is 6.94. The number of hydrogen-bond acceptors (Lipinski definition) is 4. The number of aliphatic hydroxyl groups excluding tert-OH is 1. The molecule has 0 saturated carbocycles. The SMILES string of the molecule is CC1(C(N)=O)CCN(CC(O)c2ccc(CN)cc2)C1. The Balaban J connectivity index is 1.95. The van der Waals surface area contributed by atoms with E-state index in [9.17, 15) is 9.90 Å². The summed E-state index contributed by atoms with van der Waals surface area (Å²) in [6.07, 6.45) is 0.193. The number of primary amides is 1. The Morgan fingerprint density at radius 2 is 2.10 bits per heavy atom. The summed E-state index contributed by atoms with van der Waals surface area (Å²) in [4.78, 5) is 13.5. The van der Waals surface area contributed by atoms with Gasteiger partial charge in [-0.2, -0.15) is 0 Å². The molecule has 5 nitrogen and oxygen atoms in total. The molecule has 0 bridgehead atoms. The summed E-state index contributed by atoms with van der Waals surface area (Å²) in [6.45, 7) is 4.31. The van der Waals surface area contributed by atoms with Crippen LogP contribution in [0.1, 0.15) is 30.6 Å². The van der Waals surface area contributed by atoms with E-state index >= 15 is 0 Å². The number of likely N-dealkylation sites (tertiary alicyclic amines) is 1. The van der Waals surface area contributed by atoms with Gasteiger partial charge in [0.1, 0.15) is 0 Å². The summed E-state index contributed by atoms with van der Waals surface area (Å²) < 4.78 is 0. The smallest absolute Gasteiger partial charge is 0.224 e. The molecule has 1 amide bonds. The molecule has 0 radical (unpaired) electrons. The number of amides is 1. The van der Waals surface area contributed by atoms with Crippen LogP contribution in [0.5, 0.6) is 0 Å². The lowest BCUT2D eigenvalue weighted by atomic mass is 9.89. The van der Waals surface area contributed by atoms with Gasteiger partial charge in [-0.3, -0.25) is 9.69 Å². The molecule has 0 aliphatic carbocycles. The molecular weight excluding hydrogens is 254 g/mol. The fourth-order valence-corrected chi connectivity index (χ4v) is 2.64. The maximum Gasteiger partial charge on any atom is 0.224 e. The van der Waals surface area contributed by atoms with Gasteiger partial charge < -0.3 is 16.6 Å². The molecule has 1 saturated heterocycles. The van der Waals surface area contributed by atoms with Crippen molar-refractivity contribution in [2.75, 3.05) is 19.6 Å². The van der Waals surface area contributed by atoms with Gasteiger partial charge in [0.15, 0.2) is 0 Å². The zero-order valence-electron chi connectivity index (χ0n) is 11.9. The average molecular weight is 277 g/mol. The van der Waals surface area contributed by atoms with E-state index in [1.165, 1.54) is 0 Å². The third-order valence-corrected chi connectivity index (χ3v) is 4.18. The molecule has 1 aromatic carbocycles. The highest BCUT2D eigenvalue weighted by Gasteiger charge is 2.39. The molecule has 2 rings (SSSR count). The molecule has 20 heavy (non-hydrogen) atoms. The normalized spacial score (nSPS) is 24.8. The summed E-state index contributed by atoms with van der Waals surface area (Å²) in [6, 6.07) is 7.65. The summed E-state index contributed by atoms with van der Waals surface area (Å²) >= 11 is 0. The number of nitrogens with zero attached hydrogens (tertiary/aromatic N) is 1. The summed E-state index contributed by atoms with van der Waals surface area (Å²) in [7, 11) is 0. The van der Waals surface area contributed by atoms with Crippen LogP contribution in [0.4, 0.5) is 0 Å². The van der Waals surface area contributed by atoms with Gasteiger partial charge in [0.25, 0.3) is 0 Å². The summed E-state index contributed by atoms with van der Waals surface area (Å²) in [5.74, 6) is -0.262. The highest BCUT2D eigenvalue weighted by Crippen LogP contribution is 2.30. The number of hydrogen-bond donors (Lipinski definition) is 3. The van der Waals surface area contributed by atoms with E-state index in [0.717, 1.165) is 24.1 Å². The van der Waals surface area contributed by atoms with Crippen LogP contribution in [-0.4, -0.2) is 35.5 Å². The second-order valence-corrected chi connectivity index (χ2v) is 5.87. The monoisotopic (exact) mass is 277 g/mol. The van der Waals surface area contributed by atoms with E-state index < -0.39 is 11.5 Å². The topological polar surface area (TPSA) is 92.6 Å². The predicted molar refractivity (Wildman–Crippen MR) is 77.7 cm³/mol. The number of carbonyl (C=O) groups is 1. The average Bonchev–Trinajstić information content (AvgIpc) is 2.82. The maximum atomic E-state index is 11.4. The second kappa shape index (κ2) is 5.91. The minimum atomic E-state index is -0.558. The quantitative estimate of drug-likeness (QED) is 0.725. The van der Waals surface area contributed by atoms with Crippen molar-refractivity contribution in [3.05, 3.63) is 35.4 Å². The van der Waals surface area contributed by atoms with Crippen molar-refractivity contribution in [3.63, 3.8) is 0 Å². The molecule has 0 aromatic heterocycles. The molecule has 1 aliphatic heterocycles. The molecule has 1 heterocycles. The van der Waals surface area contributed by atoms with Crippen LogP contribution in [0.15, 0.2) is 24.3 Å².